The highest BCUT2D eigenvalue weighted by Gasteiger charge is 2.12. The van der Waals surface area contributed by atoms with E-state index < -0.39 is 0 Å². The summed E-state index contributed by atoms with van der Waals surface area (Å²) in [4.78, 5) is 13.7. The van der Waals surface area contributed by atoms with E-state index in [0.717, 1.165) is 47.9 Å². The van der Waals surface area contributed by atoms with Crippen LogP contribution in [-0.4, -0.2) is 19.4 Å². The van der Waals surface area contributed by atoms with E-state index in [1.54, 1.807) is 0 Å². The minimum atomic E-state index is 0.673. The molecule has 0 N–H and O–H groups in total. The van der Waals surface area contributed by atoms with Crippen molar-refractivity contribution in [2.75, 3.05) is 18.0 Å². The van der Waals surface area contributed by atoms with Crippen LogP contribution in [0.4, 0.5) is 5.69 Å². The summed E-state index contributed by atoms with van der Waals surface area (Å²) in [6.45, 7) is 11.0. The number of hydrogen-bond donors (Lipinski definition) is 0. The molecule has 0 saturated heterocycles. The second-order valence-corrected chi connectivity index (χ2v) is 7.09. The molecule has 0 aliphatic rings. The van der Waals surface area contributed by atoms with Gasteiger partial charge in [0.15, 0.2) is 6.29 Å². The predicted octanol–water partition coefficient (Wildman–Crippen LogP) is 5.16. The fourth-order valence-electron chi connectivity index (χ4n) is 2.09. The molecule has 0 aliphatic heterocycles. The van der Waals surface area contributed by atoms with Gasteiger partial charge in [-0.05, 0) is 42.9 Å². The Bertz CT molecular complexity index is 417. The Morgan fingerprint density at radius 3 is 2.10 bits per heavy atom. The molecule has 20 heavy (non-hydrogen) atoms. The maximum atomic E-state index is 11.3. The SMILES string of the molecule is CC(C)CCN(CCC(C)C)c1ccc(Br)cc1C=O. The molecule has 2 nitrogen and oxygen atoms in total. The molecule has 0 unspecified atom stereocenters. The normalized spacial score (nSPS) is 11.2. The van der Waals surface area contributed by atoms with Crippen molar-refractivity contribution in [3.8, 4) is 0 Å². The summed E-state index contributed by atoms with van der Waals surface area (Å²) < 4.78 is 0.955. The van der Waals surface area contributed by atoms with Crippen LogP contribution in [0.3, 0.4) is 0 Å². The Morgan fingerprint density at radius 1 is 1.10 bits per heavy atom. The van der Waals surface area contributed by atoms with Gasteiger partial charge in [-0.2, -0.15) is 0 Å². The lowest BCUT2D eigenvalue weighted by Crippen LogP contribution is -2.28. The molecule has 1 aromatic carbocycles. The molecule has 0 heterocycles. The molecular formula is C17H26BrNO. The van der Waals surface area contributed by atoms with Crippen molar-refractivity contribution in [1.82, 2.24) is 0 Å². The number of halogens is 1. The van der Waals surface area contributed by atoms with Gasteiger partial charge < -0.3 is 4.90 Å². The van der Waals surface area contributed by atoms with Gasteiger partial charge in [-0.3, -0.25) is 4.79 Å². The fraction of sp³-hybridized carbons (Fsp3) is 0.588. The first kappa shape index (κ1) is 17.2. The Morgan fingerprint density at radius 2 is 1.65 bits per heavy atom. The molecule has 0 fully saturated rings. The standard InChI is InChI=1S/C17H26BrNO/c1-13(2)7-9-19(10-8-14(3)4)17-6-5-16(18)11-15(17)12-20/h5-6,11-14H,7-10H2,1-4H3. The van der Waals surface area contributed by atoms with Crippen LogP contribution in [0.1, 0.15) is 50.9 Å². The van der Waals surface area contributed by atoms with E-state index in [-0.39, 0.29) is 0 Å². The zero-order valence-corrected chi connectivity index (χ0v) is 14.6. The monoisotopic (exact) mass is 339 g/mol. The van der Waals surface area contributed by atoms with Crippen molar-refractivity contribution in [3.63, 3.8) is 0 Å². The van der Waals surface area contributed by atoms with Gasteiger partial charge in [-0.25, -0.2) is 0 Å². The molecule has 0 saturated carbocycles. The van der Waals surface area contributed by atoms with Crippen LogP contribution >= 0.6 is 15.9 Å². The van der Waals surface area contributed by atoms with Crippen molar-refractivity contribution in [3.05, 3.63) is 28.2 Å². The molecule has 0 bridgehead atoms. The Kier molecular flexibility index (Phi) is 7.28. The van der Waals surface area contributed by atoms with Gasteiger partial charge in [0.2, 0.25) is 0 Å². The molecule has 1 rings (SSSR count). The van der Waals surface area contributed by atoms with Gasteiger partial charge in [0.25, 0.3) is 0 Å². The van der Waals surface area contributed by atoms with Crippen molar-refractivity contribution in [2.24, 2.45) is 11.8 Å². The van der Waals surface area contributed by atoms with Gasteiger partial charge in [0.05, 0.1) is 0 Å². The third-order valence-electron chi connectivity index (χ3n) is 3.41. The number of nitrogens with zero attached hydrogens (tertiary/aromatic N) is 1. The van der Waals surface area contributed by atoms with Gasteiger partial charge in [0, 0.05) is 28.8 Å². The van der Waals surface area contributed by atoms with Gasteiger partial charge in [0.1, 0.15) is 0 Å². The molecule has 1 aromatic rings. The first-order chi connectivity index (χ1) is 9.43. The van der Waals surface area contributed by atoms with E-state index in [9.17, 15) is 4.79 Å². The van der Waals surface area contributed by atoms with E-state index in [1.165, 1.54) is 0 Å². The molecule has 0 spiro atoms. The number of aldehydes is 1. The summed E-state index contributed by atoms with van der Waals surface area (Å²) in [5, 5.41) is 0. The molecule has 3 heteroatoms. The third kappa shape index (κ3) is 5.66. The number of rotatable bonds is 8. The van der Waals surface area contributed by atoms with Gasteiger partial charge in [-0.1, -0.05) is 43.6 Å². The van der Waals surface area contributed by atoms with Crippen LogP contribution in [0.2, 0.25) is 0 Å². The van der Waals surface area contributed by atoms with E-state index in [4.69, 9.17) is 0 Å². The minimum absolute atomic E-state index is 0.673. The summed E-state index contributed by atoms with van der Waals surface area (Å²) in [7, 11) is 0. The summed E-state index contributed by atoms with van der Waals surface area (Å²) in [5.74, 6) is 1.35. The highest BCUT2D eigenvalue weighted by atomic mass is 79.9. The van der Waals surface area contributed by atoms with E-state index >= 15 is 0 Å². The molecular weight excluding hydrogens is 314 g/mol. The average Bonchev–Trinajstić information content (AvgIpc) is 2.38. The highest BCUT2D eigenvalue weighted by molar-refractivity contribution is 9.10. The zero-order valence-electron chi connectivity index (χ0n) is 13.0. The third-order valence-corrected chi connectivity index (χ3v) is 3.90. The molecule has 0 aromatic heterocycles. The van der Waals surface area contributed by atoms with Crippen molar-refractivity contribution in [1.29, 1.82) is 0 Å². The fourth-order valence-corrected chi connectivity index (χ4v) is 2.47. The predicted molar refractivity (Wildman–Crippen MR) is 90.7 cm³/mol. The molecule has 112 valence electrons. The lowest BCUT2D eigenvalue weighted by Gasteiger charge is -2.28. The minimum Gasteiger partial charge on any atom is -0.371 e. The largest absolute Gasteiger partial charge is 0.371 e. The first-order valence-electron chi connectivity index (χ1n) is 7.43. The lowest BCUT2D eigenvalue weighted by atomic mass is 10.1. The second kappa shape index (κ2) is 8.46. The first-order valence-corrected chi connectivity index (χ1v) is 8.23. The quantitative estimate of drug-likeness (QED) is 0.609. The topological polar surface area (TPSA) is 20.3 Å². The van der Waals surface area contributed by atoms with Crippen LogP contribution in [-0.2, 0) is 0 Å². The lowest BCUT2D eigenvalue weighted by molar-refractivity contribution is 0.112. The maximum absolute atomic E-state index is 11.3. The van der Waals surface area contributed by atoms with Crippen LogP contribution in [0, 0.1) is 11.8 Å². The van der Waals surface area contributed by atoms with Gasteiger partial charge >= 0.3 is 0 Å². The number of carbonyl (C=O) groups is 1. The van der Waals surface area contributed by atoms with E-state index in [2.05, 4.69) is 54.6 Å². The highest BCUT2D eigenvalue weighted by Crippen LogP contribution is 2.25. The molecule has 0 aliphatic carbocycles. The van der Waals surface area contributed by atoms with Crippen LogP contribution < -0.4 is 4.90 Å². The Balaban J connectivity index is 2.92. The summed E-state index contributed by atoms with van der Waals surface area (Å²) in [5.41, 5.74) is 1.83. The molecule has 0 atom stereocenters. The molecule has 0 radical (unpaired) electrons. The van der Waals surface area contributed by atoms with Crippen LogP contribution in [0.25, 0.3) is 0 Å². The summed E-state index contributed by atoms with van der Waals surface area (Å²) >= 11 is 3.43. The Labute approximate surface area is 131 Å². The summed E-state index contributed by atoms with van der Waals surface area (Å²) in [6.07, 6.45) is 3.25. The van der Waals surface area contributed by atoms with E-state index in [1.807, 2.05) is 12.1 Å². The Hall–Kier alpha value is -0.830. The average molecular weight is 340 g/mol. The van der Waals surface area contributed by atoms with Crippen LogP contribution in [0.5, 0.6) is 0 Å². The van der Waals surface area contributed by atoms with Crippen LogP contribution in [0.15, 0.2) is 22.7 Å². The maximum Gasteiger partial charge on any atom is 0.152 e. The number of anilines is 1. The number of benzene rings is 1. The van der Waals surface area contributed by atoms with Gasteiger partial charge in [-0.15, -0.1) is 0 Å². The van der Waals surface area contributed by atoms with Crippen molar-refractivity contribution < 1.29 is 4.79 Å². The number of hydrogen-bond acceptors (Lipinski definition) is 2. The van der Waals surface area contributed by atoms with E-state index in [0.29, 0.717) is 11.8 Å². The number of carbonyl (C=O) groups excluding carboxylic acids is 1. The van der Waals surface area contributed by atoms with Crippen molar-refractivity contribution in [2.45, 2.75) is 40.5 Å². The van der Waals surface area contributed by atoms with Crippen molar-refractivity contribution >= 4 is 27.9 Å². The second-order valence-electron chi connectivity index (χ2n) is 6.17. The zero-order chi connectivity index (χ0) is 15.1. The summed E-state index contributed by atoms with van der Waals surface area (Å²) in [6, 6.07) is 5.97. The molecule has 0 amide bonds. The smallest absolute Gasteiger partial charge is 0.152 e.